The summed E-state index contributed by atoms with van der Waals surface area (Å²) in [5.74, 6) is -0.282. The molecule has 1 atom stereocenters. The van der Waals surface area contributed by atoms with Gasteiger partial charge in [0.15, 0.2) is 5.96 Å². The van der Waals surface area contributed by atoms with E-state index < -0.39 is 6.04 Å². The first-order valence-corrected chi connectivity index (χ1v) is 5.07. The summed E-state index contributed by atoms with van der Waals surface area (Å²) in [7, 11) is 1.33. The molecule has 6 nitrogen and oxygen atoms in total. The van der Waals surface area contributed by atoms with Crippen LogP contribution in [0.25, 0.3) is 0 Å². The van der Waals surface area contributed by atoms with E-state index >= 15 is 0 Å². The van der Waals surface area contributed by atoms with Crippen molar-refractivity contribution in [1.82, 2.24) is 5.32 Å². The number of methoxy groups -OCH3 is 1. The zero-order chi connectivity index (χ0) is 11.7. The molecule has 0 fully saturated rings. The van der Waals surface area contributed by atoms with Gasteiger partial charge in [-0.25, -0.2) is 0 Å². The molecule has 7 heteroatoms. The summed E-state index contributed by atoms with van der Waals surface area (Å²) in [6, 6.07) is -0.205. The molecule has 0 saturated heterocycles. The number of rotatable bonds is 7. The number of ether oxygens (including phenoxy) is 1. The molecule has 0 aromatic heterocycles. The van der Waals surface area contributed by atoms with Crippen molar-refractivity contribution >= 4 is 23.5 Å². The van der Waals surface area contributed by atoms with E-state index in [1.54, 1.807) is 0 Å². The number of halogens is 1. The summed E-state index contributed by atoms with van der Waals surface area (Å²) < 4.78 is 4.60. The van der Waals surface area contributed by atoms with Crippen LogP contribution in [-0.2, 0) is 9.53 Å². The van der Waals surface area contributed by atoms with E-state index in [1.807, 2.05) is 0 Å². The Morgan fingerprint density at radius 1 is 1.60 bits per heavy atom. The topological polar surface area (TPSA) is 103 Å². The first-order chi connectivity index (χ1) is 7.11. The van der Waals surface area contributed by atoms with Gasteiger partial charge in [0.1, 0.15) is 6.04 Å². The molecule has 0 heterocycles. The summed E-state index contributed by atoms with van der Waals surface area (Å²) in [5.41, 5.74) is 10.3. The van der Waals surface area contributed by atoms with Gasteiger partial charge in [0.25, 0.3) is 0 Å². The van der Waals surface area contributed by atoms with Gasteiger partial charge in [0, 0.05) is 6.54 Å². The number of hydrogen-bond acceptors (Lipinski definition) is 4. The minimum absolute atomic E-state index is 0.0509. The van der Waals surface area contributed by atoms with Gasteiger partial charge >= 0.3 is 5.97 Å². The standard InChI is InChI=1S/C8H17ClN4O2/c1-15-7(14)6(13-5-9)3-2-4-12-8(10)11/h6,13H,2-5H2,1H3,(H4,10,11,12)/t6-/m0/s1. The van der Waals surface area contributed by atoms with Crippen LogP contribution in [0.4, 0.5) is 0 Å². The quantitative estimate of drug-likeness (QED) is 0.136. The summed E-state index contributed by atoms with van der Waals surface area (Å²) in [6.45, 7) is 0.486. The van der Waals surface area contributed by atoms with Gasteiger partial charge in [0.05, 0.1) is 13.1 Å². The predicted octanol–water partition coefficient (Wildman–Crippen LogP) is -0.632. The van der Waals surface area contributed by atoms with Crippen molar-refractivity contribution in [2.24, 2.45) is 16.5 Å². The average Bonchev–Trinajstić information content (AvgIpc) is 2.21. The highest BCUT2D eigenvalue weighted by atomic mass is 35.5. The Kier molecular flexibility index (Phi) is 7.75. The molecule has 0 unspecified atom stereocenters. The van der Waals surface area contributed by atoms with E-state index in [9.17, 15) is 4.79 Å². The van der Waals surface area contributed by atoms with E-state index in [0.29, 0.717) is 19.4 Å². The Balaban J connectivity index is 3.86. The van der Waals surface area contributed by atoms with Crippen molar-refractivity contribution in [3.63, 3.8) is 0 Å². The van der Waals surface area contributed by atoms with Gasteiger partial charge in [-0.15, -0.1) is 11.6 Å². The monoisotopic (exact) mass is 236 g/mol. The number of carbonyl (C=O) groups excluding carboxylic acids is 1. The molecule has 0 aromatic rings. The second kappa shape index (κ2) is 8.31. The normalized spacial score (nSPS) is 11.9. The number of esters is 1. The van der Waals surface area contributed by atoms with Crippen molar-refractivity contribution in [3.05, 3.63) is 0 Å². The number of nitrogens with two attached hydrogens (primary N) is 2. The van der Waals surface area contributed by atoms with Gasteiger partial charge < -0.3 is 16.2 Å². The second-order valence-electron chi connectivity index (χ2n) is 2.86. The summed E-state index contributed by atoms with van der Waals surface area (Å²) >= 11 is 5.47. The van der Waals surface area contributed by atoms with Crippen molar-refractivity contribution < 1.29 is 9.53 Å². The maximum atomic E-state index is 11.2. The fourth-order valence-electron chi connectivity index (χ4n) is 1.04. The maximum Gasteiger partial charge on any atom is 0.322 e. The Morgan fingerprint density at radius 3 is 2.73 bits per heavy atom. The molecule has 0 aliphatic heterocycles. The van der Waals surface area contributed by atoms with Gasteiger partial charge in [-0.2, -0.15) is 0 Å². The molecule has 0 amide bonds. The molecule has 88 valence electrons. The number of aliphatic imine (C=N–C) groups is 1. The third-order valence-electron chi connectivity index (χ3n) is 1.75. The summed E-state index contributed by atoms with van der Waals surface area (Å²) in [4.78, 5) is 15.0. The Morgan fingerprint density at radius 2 is 2.27 bits per heavy atom. The third kappa shape index (κ3) is 6.98. The van der Waals surface area contributed by atoms with Crippen LogP contribution in [0.15, 0.2) is 4.99 Å². The van der Waals surface area contributed by atoms with Crippen LogP contribution < -0.4 is 16.8 Å². The van der Waals surface area contributed by atoms with Crippen LogP contribution in [0.5, 0.6) is 0 Å². The average molecular weight is 237 g/mol. The van der Waals surface area contributed by atoms with Crippen molar-refractivity contribution in [1.29, 1.82) is 0 Å². The molecule has 0 bridgehead atoms. The number of guanidine groups is 1. The Hall–Kier alpha value is -1.01. The summed E-state index contributed by atoms with van der Waals surface area (Å²) in [5, 5.41) is 2.80. The fraction of sp³-hybridized carbons (Fsp3) is 0.750. The van der Waals surface area contributed by atoms with Gasteiger partial charge in [-0.1, -0.05) is 0 Å². The first-order valence-electron chi connectivity index (χ1n) is 4.54. The lowest BCUT2D eigenvalue weighted by Gasteiger charge is -2.13. The molecule has 0 aliphatic rings. The fourth-order valence-corrected chi connectivity index (χ4v) is 1.23. The van der Waals surface area contributed by atoms with E-state index in [2.05, 4.69) is 15.0 Å². The van der Waals surface area contributed by atoms with Crippen LogP contribution >= 0.6 is 11.6 Å². The largest absolute Gasteiger partial charge is 0.468 e. The number of alkyl halides is 1. The molecule has 5 N–H and O–H groups in total. The Labute approximate surface area is 94.0 Å². The second-order valence-corrected chi connectivity index (χ2v) is 3.13. The van der Waals surface area contributed by atoms with Crippen molar-refractivity contribution in [3.8, 4) is 0 Å². The molecular weight excluding hydrogens is 220 g/mol. The highest BCUT2D eigenvalue weighted by molar-refractivity contribution is 6.17. The highest BCUT2D eigenvalue weighted by Crippen LogP contribution is 2.00. The minimum Gasteiger partial charge on any atom is -0.468 e. The lowest BCUT2D eigenvalue weighted by molar-refractivity contribution is -0.143. The van der Waals surface area contributed by atoms with Gasteiger partial charge in [-0.3, -0.25) is 15.1 Å². The van der Waals surface area contributed by atoms with Crippen LogP contribution in [0.2, 0.25) is 0 Å². The van der Waals surface area contributed by atoms with E-state index in [4.69, 9.17) is 23.1 Å². The molecule has 15 heavy (non-hydrogen) atoms. The molecule has 0 spiro atoms. The van der Waals surface area contributed by atoms with E-state index in [0.717, 1.165) is 0 Å². The number of nitrogens with zero attached hydrogens (tertiary/aromatic N) is 1. The summed E-state index contributed by atoms with van der Waals surface area (Å²) in [6.07, 6.45) is 1.26. The zero-order valence-corrected chi connectivity index (χ0v) is 9.46. The molecule has 0 rings (SSSR count). The molecular formula is C8H17ClN4O2. The lowest BCUT2D eigenvalue weighted by Crippen LogP contribution is -2.37. The van der Waals surface area contributed by atoms with Crippen molar-refractivity contribution in [2.45, 2.75) is 18.9 Å². The minimum atomic E-state index is -0.401. The van der Waals surface area contributed by atoms with Crippen LogP contribution in [0.1, 0.15) is 12.8 Å². The first kappa shape index (κ1) is 14.0. The van der Waals surface area contributed by atoms with E-state index in [-0.39, 0.29) is 17.9 Å². The third-order valence-corrected chi connectivity index (χ3v) is 1.91. The smallest absolute Gasteiger partial charge is 0.322 e. The van der Waals surface area contributed by atoms with Gasteiger partial charge in [-0.05, 0) is 12.8 Å². The van der Waals surface area contributed by atoms with Crippen molar-refractivity contribution in [2.75, 3.05) is 19.7 Å². The molecule has 0 saturated carbocycles. The molecule has 0 aromatic carbocycles. The predicted molar refractivity (Wildman–Crippen MR) is 59.6 cm³/mol. The molecule has 0 aliphatic carbocycles. The van der Waals surface area contributed by atoms with E-state index in [1.165, 1.54) is 7.11 Å². The molecule has 0 radical (unpaired) electrons. The zero-order valence-electron chi connectivity index (χ0n) is 8.70. The SMILES string of the molecule is COC(=O)[C@H](CCCN=C(N)N)NCCl. The lowest BCUT2D eigenvalue weighted by atomic mass is 10.1. The van der Waals surface area contributed by atoms with Gasteiger partial charge in [0.2, 0.25) is 0 Å². The highest BCUT2D eigenvalue weighted by Gasteiger charge is 2.16. The Bertz CT molecular complexity index is 219. The number of nitrogens with one attached hydrogen (secondary N) is 1. The van der Waals surface area contributed by atoms with Crippen LogP contribution in [0, 0.1) is 0 Å². The number of carbonyl (C=O) groups is 1. The number of hydrogen-bond donors (Lipinski definition) is 3. The van der Waals surface area contributed by atoms with Crippen LogP contribution in [0.3, 0.4) is 0 Å². The maximum absolute atomic E-state index is 11.2. The van der Waals surface area contributed by atoms with Crippen LogP contribution in [-0.4, -0.2) is 37.6 Å².